The van der Waals surface area contributed by atoms with Crippen LogP contribution in [0.5, 0.6) is 0 Å². The third kappa shape index (κ3) is 5.19. The lowest BCUT2D eigenvalue weighted by atomic mass is 9.92. The molecule has 1 aliphatic rings. The highest BCUT2D eigenvalue weighted by Gasteiger charge is 2.21. The van der Waals surface area contributed by atoms with Gasteiger partial charge in [-0.05, 0) is 18.4 Å². The fourth-order valence-corrected chi connectivity index (χ4v) is 2.57. The molecule has 2 atom stereocenters. The van der Waals surface area contributed by atoms with Crippen LogP contribution in [0.15, 0.2) is 30.3 Å². The van der Waals surface area contributed by atoms with Crippen LogP contribution in [-0.2, 0) is 14.3 Å². The maximum atomic E-state index is 12.0. The monoisotopic (exact) mass is 291 g/mol. The number of carboxylic acids is 1. The Morgan fingerprint density at radius 3 is 2.67 bits per heavy atom. The van der Waals surface area contributed by atoms with Crippen LogP contribution in [0.1, 0.15) is 37.2 Å². The summed E-state index contributed by atoms with van der Waals surface area (Å²) in [6.07, 6.45) is 2.24. The molecule has 2 N–H and O–H groups in total. The Morgan fingerprint density at radius 2 is 2.05 bits per heavy atom. The second kappa shape index (κ2) is 7.78. The van der Waals surface area contributed by atoms with Gasteiger partial charge < -0.3 is 15.2 Å². The van der Waals surface area contributed by atoms with Gasteiger partial charge >= 0.3 is 5.97 Å². The molecule has 5 heteroatoms. The van der Waals surface area contributed by atoms with Crippen molar-refractivity contribution in [1.82, 2.24) is 5.32 Å². The third-order valence-electron chi connectivity index (χ3n) is 3.67. The van der Waals surface area contributed by atoms with Crippen LogP contribution in [0.3, 0.4) is 0 Å². The zero-order chi connectivity index (χ0) is 15.1. The number of amides is 1. The van der Waals surface area contributed by atoms with Crippen molar-refractivity contribution in [3.05, 3.63) is 35.9 Å². The Balaban J connectivity index is 1.88. The number of aliphatic carboxylic acids is 1. The van der Waals surface area contributed by atoms with Gasteiger partial charge in [-0.15, -0.1) is 0 Å². The summed E-state index contributed by atoms with van der Waals surface area (Å²) < 4.78 is 5.45. The molecule has 1 aromatic carbocycles. The first-order chi connectivity index (χ1) is 10.1. The van der Waals surface area contributed by atoms with Crippen LogP contribution in [0.4, 0.5) is 0 Å². The Morgan fingerprint density at radius 1 is 1.29 bits per heavy atom. The minimum absolute atomic E-state index is 0.0443. The van der Waals surface area contributed by atoms with E-state index in [9.17, 15) is 9.59 Å². The standard InChI is InChI=1S/C16H21NO4/c18-15(17-11-14-7-4-8-21-14)9-13(10-16(19)20)12-5-2-1-3-6-12/h1-3,5-6,13-14H,4,7-11H2,(H,17,18)(H,19,20)/t13-,14+/m0/s1. The van der Waals surface area contributed by atoms with E-state index in [2.05, 4.69) is 5.32 Å². The smallest absolute Gasteiger partial charge is 0.303 e. The second-order valence-electron chi connectivity index (χ2n) is 5.35. The van der Waals surface area contributed by atoms with Crippen LogP contribution in [0.25, 0.3) is 0 Å². The molecule has 0 unspecified atom stereocenters. The van der Waals surface area contributed by atoms with Gasteiger partial charge in [0.15, 0.2) is 0 Å². The van der Waals surface area contributed by atoms with E-state index < -0.39 is 5.97 Å². The van der Waals surface area contributed by atoms with Crippen molar-refractivity contribution in [2.75, 3.05) is 13.2 Å². The number of carboxylic acid groups (broad SMARTS) is 1. The molecule has 0 aromatic heterocycles. The summed E-state index contributed by atoms with van der Waals surface area (Å²) in [6, 6.07) is 9.31. The van der Waals surface area contributed by atoms with Gasteiger partial charge in [0, 0.05) is 25.5 Å². The number of rotatable bonds is 7. The highest BCUT2D eigenvalue weighted by molar-refractivity contribution is 5.78. The van der Waals surface area contributed by atoms with E-state index in [0.717, 1.165) is 25.0 Å². The predicted molar refractivity (Wildman–Crippen MR) is 78.0 cm³/mol. The van der Waals surface area contributed by atoms with Gasteiger partial charge in [0.05, 0.1) is 12.5 Å². The molecule has 114 valence electrons. The number of nitrogens with one attached hydrogen (secondary N) is 1. The summed E-state index contributed by atoms with van der Waals surface area (Å²) in [7, 11) is 0. The number of carbonyl (C=O) groups excluding carboxylic acids is 1. The van der Waals surface area contributed by atoms with E-state index in [1.54, 1.807) is 0 Å². The van der Waals surface area contributed by atoms with Gasteiger partial charge in [-0.2, -0.15) is 0 Å². The first-order valence-electron chi connectivity index (χ1n) is 7.30. The van der Waals surface area contributed by atoms with Gasteiger partial charge in [-0.3, -0.25) is 9.59 Å². The van der Waals surface area contributed by atoms with Crippen molar-refractivity contribution in [2.45, 2.75) is 37.7 Å². The van der Waals surface area contributed by atoms with E-state index in [0.29, 0.717) is 6.54 Å². The highest BCUT2D eigenvalue weighted by atomic mass is 16.5. The molecule has 1 fully saturated rings. The summed E-state index contributed by atoms with van der Waals surface area (Å²) in [6.45, 7) is 1.26. The first-order valence-corrected chi connectivity index (χ1v) is 7.30. The molecule has 1 saturated heterocycles. The van der Waals surface area contributed by atoms with E-state index in [1.165, 1.54) is 0 Å². The summed E-state index contributed by atoms with van der Waals surface area (Å²) in [5, 5.41) is 11.9. The summed E-state index contributed by atoms with van der Waals surface area (Å²) in [4.78, 5) is 23.0. The Hall–Kier alpha value is -1.88. The third-order valence-corrected chi connectivity index (χ3v) is 3.67. The topological polar surface area (TPSA) is 75.6 Å². The predicted octanol–water partition coefficient (Wildman–Crippen LogP) is 1.93. The maximum absolute atomic E-state index is 12.0. The van der Waals surface area contributed by atoms with Crippen molar-refractivity contribution in [2.24, 2.45) is 0 Å². The summed E-state index contributed by atoms with van der Waals surface area (Å²) in [5.74, 6) is -1.32. The molecule has 5 nitrogen and oxygen atoms in total. The summed E-state index contributed by atoms with van der Waals surface area (Å²) in [5.41, 5.74) is 0.882. The Bertz CT molecular complexity index is 468. The van der Waals surface area contributed by atoms with Gasteiger partial charge in [-0.1, -0.05) is 30.3 Å². The van der Waals surface area contributed by atoms with Crippen LogP contribution < -0.4 is 5.32 Å². The van der Waals surface area contributed by atoms with Crippen molar-refractivity contribution >= 4 is 11.9 Å². The molecule has 1 amide bonds. The van der Waals surface area contributed by atoms with E-state index >= 15 is 0 Å². The van der Waals surface area contributed by atoms with Crippen LogP contribution in [0.2, 0.25) is 0 Å². The molecule has 2 rings (SSSR count). The number of hydrogen-bond acceptors (Lipinski definition) is 3. The highest BCUT2D eigenvalue weighted by Crippen LogP contribution is 2.23. The first kappa shape index (κ1) is 15.5. The van der Waals surface area contributed by atoms with Crippen molar-refractivity contribution in [3.63, 3.8) is 0 Å². The lowest BCUT2D eigenvalue weighted by Crippen LogP contribution is -2.32. The average molecular weight is 291 g/mol. The van der Waals surface area contributed by atoms with Gasteiger partial charge in [0.25, 0.3) is 0 Å². The molecule has 1 heterocycles. The minimum atomic E-state index is -0.893. The Labute approximate surface area is 124 Å². The van der Waals surface area contributed by atoms with Gasteiger partial charge in [0.1, 0.15) is 0 Å². The number of benzene rings is 1. The van der Waals surface area contributed by atoms with Gasteiger partial charge in [0.2, 0.25) is 5.91 Å². The molecule has 0 saturated carbocycles. The molecule has 1 aromatic rings. The molecule has 0 spiro atoms. The molecule has 0 bridgehead atoms. The van der Waals surface area contributed by atoms with Crippen molar-refractivity contribution in [1.29, 1.82) is 0 Å². The molecule has 1 aliphatic heterocycles. The average Bonchev–Trinajstić information content (AvgIpc) is 2.98. The fraction of sp³-hybridized carbons (Fsp3) is 0.500. The maximum Gasteiger partial charge on any atom is 0.303 e. The zero-order valence-electron chi connectivity index (χ0n) is 12.0. The minimum Gasteiger partial charge on any atom is -0.481 e. The molecular formula is C16H21NO4. The van der Waals surface area contributed by atoms with Crippen molar-refractivity contribution in [3.8, 4) is 0 Å². The van der Waals surface area contributed by atoms with Crippen LogP contribution in [-0.4, -0.2) is 36.2 Å². The fourth-order valence-electron chi connectivity index (χ4n) is 2.57. The second-order valence-corrected chi connectivity index (χ2v) is 5.35. The number of hydrogen-bond donors (Lipinski definition) is 2. The molecular weight excluding hydrogens is 270 g/mol. The largest absolute Gasteiger partial charge is 0.481 e. The SMILES string of the molecule is O=C(O)C[C@H](CC(=O)NC[C@H]1CCCO1)c1ccccc1. The normalized spacial score (nSPS) is 19.1. The number of carbonyl (C=O) groups is 2. The Kier molecular flexibility index (Phi) is 5.75. The lowest BCUT2D eigenvalue weighted by molar-refractivity contribution is -0.137. The van der Waals surface area contributed by atoms with Crippen LogP contribution in [0, 0.1) is 0 Å². The lowest BCUT2D eigenvalue weighted by Gasteiger charge is -2.16. The quantitative estimate of drug-likeness (QED) is 0.805. The van der Waals surface area contributed by atoms with Crippen LogP contribution >= 0.6 is 0 Å². The summed E-state index contributed by atoms with van der Waals surface area (Å²) >= 11 is 0. The van der Waals surface area contributed by atoms with Crippen molar-refractivity contribution < 1.29 is 19.4 Å². The zero-order valence-corrected chi connectivity index (χ0v) is 12.0. The molecule has 0 radical (unpaired) electrons. The number of ether oxygens (including phenoxy) is 1. The molecule has 21 heavy (non-hydrogen) atoms. The van der Waals surface area contributed by atoms with E-state index in [4.69, 9.17) is 9.84 Å². The molecule has 0 aliphatic carbocycles. The van der Waals surface area contributed by atoms with E-state index in [-0.39, 0.29) is 30.8 Å². The van der Waals surface area contributed by atoms with Gasteiger partial charge in [-0.25, -0.2) is 0 Å². The van der Waals surface area contributed by atoms with E-state index in [1.807, 2.05) is 30.3 Å².